The zero-order valence-corrected chi connectivity index (χ0v) is 9.20. The smallest absolute Gasteiger partial charge is 0.227 e. The van der Waals surface area contributed by atoms with Crippen LogP contribution in [0.3, 0.4) is 0 Å². The maximum atomic E-state index is 11.7. The second kappa shape index (κ2) is 5.35. The number of aliphatic hydroxyl groups excluding tert-OH is 1. The molecular formula is C11H21NO2. The molecule has 0 aromatic rings. The quantitative estimate of drug-likeness (QED) is 0.724. The minimum absolute atomic E-state index is 0.0235. The van der Waals surface area contributed by atoms with Gasteiger partial charge in [0.25, 0.3) is 0 Å². The molecule has 1 amide bonds. The van der Waals surface area contributed by atoms with E-state index in [2.05, 4.69) is 0 Å². The van der Waals surface area contributed by atoms with Crippen molar-refractivity contribution in [2.45, 2.75) is 32.6 Å². The average Bonchev–Trinajstić information content (AvgIpc) is 2.12. The third-order valence-electron chi connectivity index (χ3n) is 3.20. The van der Waals surface area contributed by atoms with Gasteiger partial charge in [-0.05, 0) is 25.2 Å². The van der Waals surface area contributed by atoms with Gasteiger partial charge in [0.2, 0.25) is 5.91 Å². The van der Waals surface area contributed by atoms with Crippen LogP contribution in [0, 0.1) is 11.8 Å². The Labute approximate surface area is 86.1 Å². The molecule has 3 nitrogen and oxygen atoms in total. The zero-order chi connectivity index (χ0) is 10.6. The Balaban J connectivity index is 2.33. The second-order valence-electron chi connectivity index (χ2n) is 4.30. The van der Waals surface area contributed by atoms with Crippen LogP contribution >= 0.6 is 0 Å². The summed E-state index contributed by atoms with van der Waals surface area (Å²) < 4.78 is 0. The normalized spacial score (nSPS) is 18.8. The first-order valence-electron chi connectivity index (χ1n) is 5.54. The lowest BCUT2D eigenvalue weighted by atomic mass is 9.85. The summed E-state index contributed by atoms with van der Waals surface area (Å²) in [5.74, 6) is 0.613. The van der Waals surface area contributed by atoms with Gasteiger partial charge < -0.3 is 10.0 Å². The molecule has 3 heteroatoms. The Hall–Kier alpha value is -0.570. The molecule has 0 bridgehead atoms. The summed E-state index contributed by atoms with van der Waals surface area (Å²) in [7, 11) is 1.85. The van der Waals surface area contributed by atoms with E-state index < -0.39 is 0 Å². The largest absolute Gasteiger partial charge is 0.396 e. The summed E-state index contributed by atoms with van der Waals surface area (Å²) in [6, 6.07) is 0. The molecule has 0 radical (unpaired) electrons. The van der Waals surface area contributed by atoms with Crippen LogP contribution in [0.5, 0.6) is 0 Å². The molecule has 1 fully saturated rings. The van der Waals surface area contributed by atoms with Crippen molar-refractivity contribution in [3.8, 4) is 0 Å². The number of aliphatic hydroxyl groups is 1. The minimum Gasteiger partial charge on any atom is -0.396 e. The molecule has 14 heavy (non-hydrogen) atoms. The highest BCUT2D eigenvalue weighted by molar-refractivity contribution is 5.78. The lowest BCUT2D eigenvalue weighted by Gasteiger charge is -2.31. The summed E-state index contributed by atoms with van der Waals surface area (Å²) in [6.07, 6.45) is 4.55. The third kappa shape index (κ3) is 2.71. The van der Waals surface area contributed by atoms with E-state index in [0.29, 0.717) is 5.92 Å². The lowest BCUT2D eigenvalue weighted by Crippen LogP contribution is -2.39. The third-order valence-corrected chi connectivity index (χ3v) is 3.20. The lowest BCUT2D eigenvalue weighted by molar-refractivity contribution is -0.136. The molecule has 0 aromatic carbocycles. The number of carbonyl (C=O) groups is 1. The first kappa shape index (κ1) is 11.5. The average molecular weight is 199 g/mol. The van der Waals surface area contributed by atoms with Gasteiger partial charge >= 0.3 is 0 Å². The molecular weight excluding hydrogens is 178 g/mol. The van der Waals surface area contributed by atoms with Crippen molar-refractivity contribution in [3.63, 3.8) is 0 Å². The van der Waals surface area contributed by atoms with Crippen LogP contribution in [0.4, 0.5) is 0 Å². The minimum atomic E-state index is -0.194. The van der Waals surface area contributed by atoms with Crippen LogP contribution in [0.1, 0.15) is 32.6 Å². The Morgan fingerprint density at radius 3 is 2.57 bits per heavy atom. The molecule has 1 aliphatic rings. The summed E-state index contributed by atoms with van der Waals surface area (Å²) in [4.78, 5) is 13.5. The fourth-order valence-electron chi connectivity index (χ4n) is 1.85. The fourth-order valence-corrected chi connectivity index (χ4v) is 1.85. The van der Waals surface area contributed by atoms with E-state index >= 15 is 0 Å². The standard InChI is InChI=1S/C11H21NO2/c1-3-10(8-13)11(14)12(2)7-9-5-4-6-9/h9-10,13H,3-8H2,1-2H3. The van der Waals surface area contributed by atoms with Crippen LogP contribution in [-0.2, 0) is 4.79 Å². The molecule has 1 rings (SSSR count). The van der Waals surface area contributed by atoms with Gasteiger partial charge in [0.05, 0.1) is 12.5 Å². The van der Waals surface area contributed by atoms with Crippen LogP contribution in [0.25, 0.3) is 0 Å². The first-order chi connectivity index (χ1) is 6.69. The maximum absolute atomic E-state index is 11.7. The van der Waals surface area contributed by atoms with Crippen molar-refractivity contribution in [1.82, 2.24) is 4.90 Å². The van der Waals surface area contributed by atoms with Crippen LogP contribution in [-0.4, -0.2) is 36.1 Å². The monoisotopic (exact) mass is 199 g/mol. The van der Waals surface area contributed by atoms with E-state index in [0.717, 1.165) is 13.0 Å². The number of amides is 1. The van der Waals surface area contributed by atoms with Crippen LogP contribution in [0.15, 0.2) is 0 Å². The van der Waals surface area contributed by atoms with Crippen molar-refractivity contribution in [2.24, 2.45) is 11.8 Å². The van der Waals surface area contributed by atoms with E-state index in [1.165, 1.54) is 19.3 Å². The Morgan fingerprint density at radius 2 is 2.21 bits per heavy atom. The summed E-state index contributed by atoms with van der Waals surface area (Å²) >= 11 is 0. The number of rotatable bonds is 5. The van der Waals surface area contributed by atoms with Crippen molar-refractivity contribution in [3.05, 3.63) is 0 Å². The number of nitrogens with zero attached hydrogens (tertiary/aromatic N) is 1. The van der Waals surface area contributed by atoms with Crippen molar-refractivity contribution < 1.29 is 9.90 Å². The van der Waals surface area contributed by atoms with Gasteiger partial charge in [0.1, 0.15) is 0 Å². The Bertz CT molecular complexity index is 186. The molecule has 1 atom stereocenters. The molecule has 1 unspecified atom stereocenters. The number of hydrogen-bond donors (Lipinski definition) is 1. The van der Waals surface area contributed by atoms with Gasteiger partial charge in [0, 0.05) is 13.6 Å². The van der Waals surface area contributed by atoms with E-state index in [1.54, 1.807) is 4.90 Å². The molecule has 1 N–H and O–H groups in total. The van der Waals surface area contributed by atoms with Gasteiger partial charge in [-0.25, -0.2) is 0 Å². The number of carbonyl (C=O) groups excluding carboxylic acids is 1. The molecule has 0 aromatic heterocycles. The van der Waals surface area contributed by atoms with E-state index in [4.69, 9.17) is 5.11 Å². The highest BCUT2D eigenvalue weighted by Gasteiger charge is 2.24. The van der Waals surface area contributed by atoms with E-state index in [9.17, 15) is 4.79 Å². The fraction of sp³-hybridized carbons (Fsp3) is 0.909. The van der Waals surface area contributed by atoms with E-state index in [-0.39, 0.29) is 18.4 Å². The molecule has 82 valence electrons. The van der Waals surface area contributed by atoms with Crippen LogP contribution < -0.4 is 0 Å². The summed E-state index contributed by atoms with van der Waals surface area (Å²) in [6.45, 7) is 2.79. The van der Waals surface area contributed by atoms with Gasteiger partial charge in [-0.15, -0.1) is 0 Å². The topological polar surface area (TPSA) is 40.5 Å². The van der Waals surface area contributed by atoms with E-state index in [1.807, 2.05) is 14.0 Å². The summed E-state index contributed by atoms with van der Waals surface area (Å²) in [5.41, 5.74) is 0. The molecule has 0 heterocycles. The highest BCUT2D eigenvalue weighted by atomic mass is 16.3. The zero-order valence-electron chi connectivity index (χ0n) is 9.20. The summed E-state index contributed by atoms with van der Waals surface area (Å²) in [5, 5.41) is 9.00. The van der Waals surface area contributed by atoms with Gasteiger partial charge in [-0.2, -0.15) is 0 Å². The Kier molecular flexibility index (Phi) is 4.39. The van der Waals surface area contributed by atoms with Gasteiger partial charge in [-0.3, -0.25) is 4.79 Å². The van der Waals surface area contributed by atoms with Crippen LogP contribution in [0.2, 0.25) is 0 Å². The van der Waals surface area contributed by atoms with Crippen molar-refractivity contribution in [2.75, 3.05) is 20.2 Å². The molecule has 0 aliphatic heterocycles. The SMILES string of the molecule is CCC(CO)C(=O)N(C)CC1CCC1. The van der Waals surface area contributed by atoms with Crippen molar-refractivity contribution >= 4 is 5.91 Å². The maximum Gasteiger partial charge on any atom is 0.227 e. The molecule has 1 saturated carbocycles. The molecule has 0 spiro atoms. The van der Waals surface area contributed by atoms with Crippen molar-refractivity contribution in [1.29, 1.82) is 0 Å². The first-order valence-corrected chi connectivity index (χ1v) is 5.54. The predicted octanol–water partition coefficient (Wildman–Crippen LogP) is 1.26. The molecule has 0 saturated heterocycles. The van der Waals surface area contributed by atoms with Gasteiger partial charge in [-0.1, -0.05) is 13.3 Å². The molecule has 1 aliphatic carbocycles. The Morgan fingerprint density at radius 1 is 1.57 bits per heavy atom. The number of hydrogen-bond acceptors (Lipinski definition) is 2. The predicted molar refractivity (Wildman–Crippen MR) is 55.8 cm³/mol. The highest BCUT2D eigenvalue weighted by Crippen LogP contribution is 2.27. The van der Waals surface area contributed by atoms with Gasteiger partial charge in [0.15, 0.2) is 0 Å². The second-order valence-corrected chi connectivity index (χ2v) is 4.30.